The van der Waals surface area contributed by atoms with Gasteiger partial charge in [0.15, 0.2) is 0 Å². The maximum atomic E-state index is 2.54. The standard InChI is InChI=1S/C19H25N/c1-5-20(16(3)18-9-7-6-8-10-18)17(4)19-13-11-15(2)12-14-19/h6-14,16-17H,5H2,1-4H3/t16-,17?/m1/s1. The van der Waals surface area contributed by atoms with Crippen molar-refractivity contribution >= 4 is 0 Å². The van der Waals surface area contributed by atoms with Gasteiger partial charge in [-0.25, -0.2) is 0 Å². The van der Waals surface area contributed by atoms with Crippen molar-refractivity contribution in [2.45, 2.75) is 39.8 Å². The molecule has 0 aromatic heterocycles. The second-order valence-electron chi connectivity index (χ2n) is 5.50. The molecular formula is C19H25N. The van der Waals surface area contributed by atoms with Crippen LogP contribution in [0.15, 0.2) is 54.6 Å². The minimum absolute atomic E-state index is 0.427. The van der Waals surface area contributed by atoms with Crippen LogP contribution < -0.4 is 0 Å². The molecule has 0 aliphatic heterocycles. The second-order valence-corrected chi connectivity index (χ2v) is 5.50. The van der Waals surface area contributed by atoms with E-state index in [4.69, 9.17) is 0 Å². The second kappa shape index (κ2) is 6.71. The fourth-order valence-electron chi connectivity index (χ4n) is 2.84. The number of hydrogen-bond donors (Lipinski definition) is 0. The Hall–Kier alpha value is -1.60. The molecule has 0 saturated carbocycles. The molecule has 0 amide bonds. The van der Waals surface area contributed by atoms with Crippen LogP contribution in [0.4, 0.5) is 0 Å². The lowest BCUT2D eigenvalue weighted by atomic mass is 10.0. The Morgan fingerprint density at radius 1 is 0.800 bits per heavy atom. The fraction of sp³-hybridized carbons (Fsp3) is 0.368. The van der Waals surface area contributed by atoms with Crippen LogP contribution in [0.2, 0.25) is 0 Å². The summed E-state index contributed by atoms with van der Waals surface area (Å²) in [6.07, 6.45) is 0. The van der Waals surface area contributed by atoms with E-state index in [1.165, 1.54) is 16.7 Å². The van der Waals surface area contributed by atoms with E-state index in [9.17, 15) is 0 Å². The van der Waals surface area contributed by atoms with Crippen molar-refractivity contribution in [2.75, 3.05) is 6.54 Å². The van der Waals surface area contributed by atoms with Gasteiger partial charge in [-0.2, -0.15) is 0 Å². The molecule has 106 valence electrons. The summed E-state index contributed by atoms with van der Waals surface area (Å²) < 4.78 is 0. The molecule has 1 heteroatoms. The maximum absolute atomic E-state index is 2.54. The molecule has 0 saturated heterocycles. The zero-order chi connectivity index (χ0) is 14.5. The minimum atomic E-state index is 0.427. The average Bonchev–Trinajstić information content (AvgIpc) is 2.49. The summed E-state index contributed by atoms with van der Waals surface area (Å²) in [5.41, 5.74) is 4.09. The predicted octanol–water partition coefficient (Wildman–Crippen LogP) is 5.14. The van der Waals surface area contributed by atoms with Gasteiger partial charge in [-0.3, -0.25) is 4.90 Å². The highest BCUT2D eigenvalue weighted by Crippen LogP contribution is 2.29. The molecule has 2 atom stereocenters. The molecule has 20 heavy (non-hydrogen) atoms. The van der Waals surface area contributed by atoms with Gasteiger partial charge < -0.3 is 0 Å². The third kappa shape index (κ3) is 3.29. The summed E-state index contributed by atoms with van der Waals surface area (Å²) in [6, 6.07) is 20.5. The van der Waals surface area contributed by atoms with Crippen molar-refractivity contribution in [1.29, 1.82) is 0 Å². The number of aryl methyl sites for hydroxylation is 1. The number of nitrogens with zero attached hydrogens (tertiary/aromatic N) is 1. The van der Waals surface area contributed by atoms with Gasteiger partial charge in [-0.05, 0) is 38.4 Å². The summed E-state index contributed by atoms with van der Waals surface area (Å²) in [4.78, 5) is 2.54. The summed E-state index contributed by atoms with van der Waals surface area (Å²) in [5, 5.41) is 0. The Kier molecular flexibility index (Phi) is 4.97. The SMILES string of the molecule is CCN(C(C)c1ccc(C)cc1)[C@H](C)c1ccccc1. The van der Waals surface area contributed by atoms with Gasteiger partial charge in [0.25, 0.3) is 0 Å². The molecule has 0 spiro atoms. The first-order chi connectivity index (χ1) is 9.63. The highest BCUT2D eigenvalue weighted by atomic mass is 15.2. The Morgan fingerprint density at radius 2 is 1.30 bits per heavy atom. The minimum Gasteiger partial charge on any atom is -0.290 e. The van der Waals surface area contributed by atoms with Gasteiger partial charge in [0, 0.05) is 12.1 Å². The van der Waals surface area contributed by atoms with Gasteiger partial charge in [-0.1, -0.05) is 67.1 Å². The Labute approximate surface area is 123 Å². The number of benzene rings is 2. The molecule has 2 aromatic carbocycles. The maximum Gasteiger partial charge on any atom is 0.0325 e. The summed E-state index contributed by atoms with van der Waals surface area (Å²) >= 11 is 0. The molecule has 1 unspecified atom stereocenters. The molecule has 2 aromatic rings. The highest BCUT2D eigenvalue weighted by Gasteiger charge is 2.20. The Morgan fingerprint density at radius 3 is 1.80 bits per heavy atom. The lowest BCUT2D eigenvalue weighted by molar-refractivity contribution is 0.164. The van der Waals surface area contributed by atoms with Gasteiger partial charge in [0.05, 0.1) is 0 Å². The van der Waals surface area contributed by atoms with Crippen molar-refractivity contribution in [1.82, 2.24) is 4.90 Å². The first-order valence-corrected chi connectivity index (χ1v) is 7.50. The molecule has 0 aliphatic carbocycles. The number of rotatable bonds is 5. The van der Waals surface area contributed by atoms with E-state index in [-0.39, 0.29) is 0 Å². The fourth-order valence-corrected chi connectivity index (χ4v) is 2.84. The monoisotopic (exact) mass is 267 g/mol. The van der Waals surface area contributed by atoms with E-state index in [1.807, 2.05) is 0 Å². The largest absolute Gasteiger partial charge is 0.290 e. The molecule has 2 rings (SSSR count). The van der Waals surface area contributed by atoms with E-state index in [0.717, 1.165) is 6.54 Å². The van der Waals surface area contributed by atoms with E-state index in [1.54, 1.807) is 0 Å². The van der Waals surface area contributed by atoms with Crippen molar-refractivity contribution in [2.24, 2.45) is 0 Å². The van der Waals surface area contributed by atoms with Crippen molar-refractivity contribution in [3.8, 4) is 0 Å². The van der Waals surface area contributed by atoms with Gasteiger partial charge in [0.1, 0.15) is 0 Å². The molecule has 0 heterocycles. The normalized spacial score (nSPS) is 14.2. The Bertz CT molecular complexity index is 515. The van der Waals surface area contributed by atoms with E-state index < -0.39 is 0 Å². The quantitative estimate of drug-likeness (QED) is 0.725. The molecule has 0 aliphatic rings. The lowest BCUT2D eigenvalue weighted by Crippen LogP contribution is -2.29. The van der Waals surface area contributed by atoms with Gasteiger partial charge in [-0.15, -0.1) is 0 Å². The smallest absolute Gasteiger partial charge is 0.0325 e. The topological polar surface area (TPSA) is 3.24 Å². The summed E-state index contributed by atoms with van der Waals surface area (Å²) in [6.45, 7) is 10.0. The first-order valence-electron chi connectivity index (χ1n) is 7.50. The summed E-state index contributed by atoms with van der Waals surface area (Å²) in [5.74, 6) is 0. The zero-order valence-corrected chi connectivity index (χ0v) is 13.0. The average molecular weight is 267 g/mol. The van der Waals surface area contributed by atoms with Crippen LogP contribution in [0, 0.1) is 6.92 Å². The van der Waals surface area contributed by atoms with Crippen LogP contribution in [-0.2, 0) is 0 Å². The molecular weight excluding hydrogens is 242 g/mol. The molecule has 0 N–H and O–H groups in total. The first kappa shape index (κ1) is 14.8. The Balaban J connectivity index is 2.21. The zero-order valence-electron chi connectivity index (χ0n) is 13.0. The highest BCUT2D eigenvalue weighted by molar-refractivity contribution is 5.25. The van der Waals surface area contributed by atoms with Crippen LogP contribution in [0.1, 0.15) is 49.5 Å². The molecule has 1 nitrogen and oxygen atoms in total. The number of hydrogen-bond acceptors (Lipinski definition) is 1. The van der Waals surface area contributed by atoms with Gasteiger partial charge in [0.2, 0.25) is 0 Å². The van der Waals surface area contributed by atoms with Crippen molar-refractivity contribution < 1.29 is 0 Å². The lowest BCUT2D eigenvalue weighted by Gasteiger charge is -2.34. The molecule has 0 bridgehead atoms. The van der Waals surface area contributed by atoms with Crippen LogP contribution in [0.3, 0.4) is 0 Å². The van der Waals surface area contributed by atoms with E-state index in [2.05, 4.69) is 87.2 Å². The molecule has 0 radical (unpaired) electrons. The predicted molar refractivity (Wildman–Crippen MR) is 86.8 cm³/mol. The van der Waals surface area contributed by atoms with Crippen LogP contribution in [0.5, 0.6) is 0 Å². The molecule has 0 fully saturated rings. The third-order valence-corrected chi connectivity index (χ3v) is 4.20. The van der Waals surface area contributed by atoms with Crippen molar-refractivity contribution in [3.63, 3.8) is 0 Å². The van der Waals surface area contributed by atoms with Crippen LogP contribution in [0.25, 0.3) is 0 Å². The third-order valence-electron chi connectivity index (χ3n) is 4.20. The van der Waals surface area contributed by atoms with Gasteiger partial charge >= 0.3 is 0 Å². The van der Waals surface area contributed by atoms with Crippen molar-refractivity contribution in [3.05, 3.63) is 71.3 Å². The van der Waals surface area contributed by atoms with E-state index >= 15 is 0 Å². The summed E-state index contributed by atoms with van der Waals surface area (Å²) in [7, 11) is 0. The van der Waals surface area contributed by atoms with Crippen LogP contribution in [-0.4, -0.2) is 11.4 Å². The van der Waals surface area contributed by atoms with E-state index in [0.29, 0.717) is 12.1 Å². The van der Waals surface area contributed by atoms with Crippen LogP contribution >= 0.6 is 0 Å².